The molecule has 0 saturated heterocycles. The predicted octanol–water partition coefficient (Wildman–Crippen LogP) is 2.97. The zero-order valence-electron chi connectivity index (χ0n) is 5.70. The van der Waals surface area contributed by atoms with Gasteiger partial charge in [-0.15, -0.1) is 11.6 Å². The lowest BCUT2D eigenvalue weighted by atomic mass is 9.88. The topological polar surface area (TPSA) is 0 Å². The molecule has 2 radical (unpaired) electrons. The fraction of sp³-hybridized carbons (Fsp3) is 0.750. The molecule has 0 aliphatic heterocycles. The largest absolute Gasteiger partial charge is 0.127 e. The van der Waals surface area contributed by atoms with Crippen molar-refractivity contribution < 1.29 is 0 Å². The van der Waals surface area contributed by atoms with Crippen LogP contribution in [0.2, 0.25) is 0 Å². The van der Waals surface area contributed by atoms with Crippen molar-refractivity contribution in [1.29, 1.82) is 0 Å². The first kappa shape index (κ1) is 7.40. The second-order valence-corrected chi connectivity index (χ2v) is 2.93. The molecule has 1 aliphatic rings. The van der Waals surface area contributed by atoms with Gasteiger partial charge in [-0.3, -0.25) is 0 Å². The summed E-state index contributed by atoms with van der Waals surface area (Å²) in [5, 5.41) is 0. The third kappa shape index (κ3) is 2.57. The van der Waals surface area contributed by atoms with Gasteiger partial charge < -0.3 is 0 Å². The van der Waals surface area contributed by atoms with Crippen LogP contribution in [0.25, 0.3) is 0 Å². The molecule has 0 nitrogen and oxygen atoms in total. The van der Waals surface area contributed by atoms with Gasteiger partial charge in [-0.25, -0.2) is 0 Å². The standard InChI is InChI=1S/C8H13Cl/c9-7-6-8-4-2-1-3-5-8/h1H,2-7H2. The molecule has 0 N–H and O–H groups in total. The fourth-order valence-corrected chi connectivity index (χ4v) is 1.53. The maximum Gasteiger partial charge on any atom is 0.0228 e. The van der Waals surface area contributed by atoms with E-state index in [9.17, 15) is 0 Å². The van der Waals surface area contributed by atoms with Crippen molar-refractivity contribution in [3.8, 4) is 0 Å². The average molecular weight is 145 g/mol. The first-order chi connectivity index (χ1) is 4.43. The predicted molar refractivity (Wildman–Crippen MR) is 41.3 cm³/mol. The van der Waals surface area contributed by atoms with Crippen molar-refractivity contribution in [2.24, 2.45) is 0 Å². The van der Waals surface area contributed by atoms with E-state index in [0.29, 0.717) is 0 Å². The van der Waals surface area contributed by atoms with E-state index in [1.165, 1.54) is 25.7 Å². The molecule has 1 saturated carbocycles. The highest BCUT2D eigenvalue weighted by Gasteiger charge is 2.12. The number of halogens is 1. The SMILES string of the molecule is ClCC[C]1CC[CH]CC1. The van der Waals surface area contributed by atoms with Gasteiger partial charge >= 0.3 is 0 Å². The van der Waals surface area contributed by atoms with E-state index in [4.69, 9.17) is 11.6 Å². The normalized spacial score (nSPS) is 22.3. The minimum absolute atomic E-state index is 0.815. The molecule has 0 aromatic rings. The van der Waals surface area contributed by atoms with Crippen LogP contribution in [0, 0.1) is 12.3 Å². The van der Waals surface area contributed by atoms with Crippen molar-refractivity contribution >= 4 is 11.6 Å². The van der Waals surface area contributed by atoms with Crippen LogP contribution >= 0.6 is 11.6 Å². The van der Waals surface area contributed by atoms with Gasteiger partial charge in [-0.2, -0.15) is 0 Å². The van der Waals surface area contributed by atoms with Crippen LogP contribution < -0.4 is 0 Å². The maximum absolute atomic E-state index is 5.60. The second kappa shape index (κ2) is 4.16. The van der Waals surface area contributed by atoms with Crippen LogP contribution in [0.5, 0.6) is 0 Å². The van der Waals surface area contributed by atoms with Crippen molar-refractivity contribution in [2.45, 2.75) is 32.1 Å². The highest BCUT2D eigenvalue weighted by atomic mass is 35.5. The smallest absolute Gasteiger partial charge is 0.0228 e. The Bertz CT molecular complexity index is 62.2. The van der Waals surface area contributed by atoms with Crippen LogP contribution in [0.1, 0.15) is 32.1 Å². The monoisotopic (exact) mass is 144 g/mol. The van der Waals surface area contributed by atoms with Crippen LogP contribution in [0.4, 0.5) is 0 Å². The molecule has 0 heterocycles. The van der Waals surface area contributed by atoms with Crippen LogP contribution in [0.3, 0.4) is 0 Å². The summed E-state index contributed by atoms with van der Waals surface area (Å²) in [4.78, 5) is 0. The lowest BCUT2D eigenvalue weighted by Gasteiger charge is -2.18. The van der Waals surface area contributed by atoms with Crippen molar-refractivity contribution in [2.75, 3.05) is 5.88 Å². The molecule has 1 rings (SSSR count). The van der Waals surface area contributed by atoms with Gasteiger partial charge in [0.25, 0.3) is 0 Å². The summed E-state index contributed by atoms with van der Waals surface area (Å²) in [5.41, 5.74) is 0. The fourth-order valence-electron chi connectivity index (χ4n) is 1.27. The van der Waals surface area contributed by atoms with E-state index in [1.54, 1.807) is 5.92 Å². The highest BCUT2D eigenvalue weighted by molar-refractivity contribution is 6.17. The number of rotatable bonds is 2. The van der Waals surface area contributed by atoms with Crippen LogP contribution in [-0.4, -0.2) is 5.88 Å². The molecule has 1 heteroatoms. The molecule has 52 valence electrons. The Morgan fingerprint density at radius 1 is 1.33 bits per heavy atom. The summed E-state index contributed by atoms with van der Waals surface area (Å²) in [6, 6.07) is 0. The maximum atomic E-state index is 5.60. The lowest BCUT2D eigenvalue weighted by Crippen LogP contribution is -2.04. The highest BCUT2D eigenvalue weighted by Crippen LogP contribution is 2.27. The first-order valence-electron chi connectivity index (χ1n) is 3.64. The van der Waals surface area contributed by atoms with Gasteiger partial charge in [0, 0.05) is 5.88 Å². The van der Waals surface area contributed by atoms with E-state index in [2.05, 4.69) is 6.42 Å². The molecule has 0 aromatic carbocycles. The number of hydrogen-bond acceptors (Lipinski definition) is 0. The Balaban J connectivity index is 2.08. The second-order valence-electron chi connectivity index (χ2n) is 2.56. The van der Waals surface area contributed by atoms with E-state index < -0.39 is 0 Å². The third-order valence-corrected chi connectivity index (χ3v) is 2.04. The van der Waals surface area contributed by atoms with Gasteiger partial charge in [-0.1, -0.05) is 0 Å². The molecule has 1 aliphatic carbocycles. The molecule has 1 fully saturated rings. The van der Waals surface area contributed by atoms with Gasteiger partial charge in [0.15, 0.2) is 0 Å². The van der Waals surface area contributed by atoms with Crippen LogP contribution in [0.15, 0.2) is 0 Å². The first-order valence-corrected chi connectivity index (χ1v) is 4.18. The Labute approximate surface area is 62.6 Å². The molecule has 0 unspecified atom stereocenters. The zero-order chi connectivity index (χ0) is 6.53. The summed E-state index contributed by atoms with van der Waals surface area (Å²) in [6.45, 7) is 0. The summed E-state index contributed by atoms with van der Waals surface area (Å²) < 4.78 is 0. The number of alkyl halides is 1. The van der Waals surface area contributed by atoms with Gasteiger partial charge in [0.1, 0.15) is 0 Å². The van der Waals surface area contributed by atoms with Crippen LogP contribution in [-0.2, 0) is 0 Å². The molecular weight excluding hydrogens is 132 g/mol. The van der Waals surface area contributed by atoms with Gasteiger partial charge in [-0.05, 0) is 44.4 Å². The number of hydrogen-bond donors (Lipinski definition) is 0. The van der Waals surface area contributed by atoms with Crippen molar-refractivity contribution in [3.63, 3.8) is 0 Å². The zero-order valence-corrected chi connectivity index (χ0v) is 6.45. The summed E-state index contributed by atoms with van der Waals surface area (Å²) in [5.74, 6) is 2.49. The van der Waals surface area contributed by atoms with Gasteiger partial charge in [0.05, 0.1) is 0 Å². The Morgan fingerprint density at radius 2 is 2.00 bits per heavy atom. The third-order valence-electron chi connectivity index (χ3n) is 1.85. The minimum Gasteiger partial charge on any atom is -0.127 e. The van der Waals surface area contributed by atoms with Crippen molar-refractivity contribution in [3.05, 3.63) is 12.3 Å². The van der Waals surface area contributed by atoms with E-state index in [-0.39, 0.29) is 0 Å². The van der Waals surface area contributed by atoms with E-state index in [0.717, 1.165) is 12.3 Å². The average Bonchev–Trinajstić information content (AvgIpc) is 1.91. The Morgan fingerprint density at radius 3 is 2.56 bits per heavy atom. The molecule has 0 amide bonds. The molecule has 0 spiro atoms. The molecule has 0 bridgehead atoms. The quantitative estimate of drug-likeness (QED) is 0.523. The summed E-state index contributed by atoms with van der Waals surface area (Å²) in [7, 11) is 0. The van der Waals surface area contributed by atoms with Crippen molar-refractivity contribution in [1.82, 2.24) is 0 Å². The molecule has 0 aromatic heterocycles. The summed E-state index contributed by atoms with van der Waals surface area (Å²) >= 11 is 5.60. The minimum atomic E-state index is 0.815. The Hall–Kier alpha value is 0.290. The Kier molecular flexibility index (Phi) is 3.42. The molecule has 0 atom stereocenters. The lowest BCUT2D eigenvalue weighted by molar-refractivity contribution is 0.598. The summed E-state index contributed by atoms with van der Waals surface area (Å²) in [6.07, 6.45) is 8.69. The molecule has 9 heavy (non-hydrogen) atoms. The van der Waals surface area contributed by atoms with Gasteiger partial charge in [0.2, 0.25) is 0 Å². The molecular formula is C8H13Cl. The van der Waals surface area contributed by atoms with E-state index >= 15 is 0 Å². The van der Waals surface area contributed by atoms with E-state index in [1.807, 2.05) is 0 Å².